The van der Waals surface area contributed by atoms with Crippen LogP contribution in [0.4, 0.5) is 16.9 Å². The quantitative estimate of drug-likeness (QED) is 0.0671. The molecule has 0 fully saturated rings. The monoisotopic (exact) mass is 682 g/mol. The second-order valence-corrected chi connectivity index (χ2v) is 16.9. The number of benzene rings is 3. The van der Waals surface area contributed by atoms with Crippen LogP contribution >= 0.6 is 0 Å². The number of hydrogen-bond acceptors (Lipinski definition) is 1. The maximum absolute atomic E-state index is 11.2. The molecule has 0 saturated carbocycles. The zero-order valence-corrected chi connectivity index (χ0v) is 25.8. The molecule has 3 rings (SSSR count). The number of halogens is 6. The van der Waals surface area contributed by atoms with Gasteiger partial charge in [-0.05, 0) is 55.0 Å². The molecule has 1 nitrogen and oxygen atoms in total. The molecular weight excluding hydrogens is 644 g/mol. The Kier molecular flexibility index (Phi) is 13.1. The SMILES string of the molecule is CCCCCCCCCCCCOc1ccc([S+](c2ccccc2)c2ccccc2)cc1.[F][Sb-]([F])([F])([F])([F])[F]. The Morgan fingerprint density at radius 3 is 1.28 bits per heavy atom. The van der Waals surface area contributed by atoms with Crippen molar-refractivity contribution < 1.29 is 21.6 Å². The van der Waals surface area contributed by atoms with E-state index in [2.05, 4.69) is 91.9 Å². The van der Waals surface area contributed by atoms with Crippen LogP contribution in [0, 0.1) is 0 Å². The second-order valence-electron chi connectivity index (χ2n) is 9.39. The third kappa shape index (κ3) is 17.5. The molecule has 3 aromatic rings. The van der Waals surface area contributed by atoms with Gasteiger partial charge in [-0.1, -0.05) is 101 Å². The number of hydrogen-bond donors (Lipinski definition) is 0. The molecule has 218 valence electrons. The van der Waals surface area contributed by atoms with Crippen molar-refractivity contribution in [3.63, 3.8) is 0 Å². The molecule has 0 unspecified atom stereocenters. The van der Waals surface area contributed by atoms with Crippen LogP contribution in [-0.4, -0.2) is 26.1 Å². The normalized spacial score (nSPS) is 13.2. The van der Waals surface area contributed by atoms with Crippen LogP contribution in [0.15, 0.2) is 99.6 Å². The predicted octanol–water partition coefficient (Wildman–Crippen LogP) is 11.2. The Morgan fingerprint density at radius 1 is 0.513 bits per heavy atom. The Balaban J connectivity index is 0.000000673. The fraction of sp³-hybridized carbons (Fsp3) is 0.400. The third-order valence-electron chi connectivity index (χ3n) is 5.78. The Bertz CT molecular complexity index is 1010. The summed E-state index contributed by atoms with van der Waals surface area (Å²) in [5.74, 6) is 0.981. The molecule has 0 radical (unpaired) electrons. The molecular formula is C30H39F6OSSb. The van der Waals surface area contributed by atoms with Gasteiger partial charge in [0.1, 0.15) is 5.75 Å². The summed E-state index contributed by atoms with van der Waals surface area (Å²) in [4.78, 5) is 4.02. The molecule has 9 heteroatoms. The standard InChI is InChI=1S/C30H39OS.6FH.Sb/c1-2-3-4-5-6-7-8-9-10-17-26-31-27-22-24-30(25-23-27)32(28-18-13-11-14-19-28)29-20-15-12-16-21-29;;;;;;;/h11-16,18-25H,2-10,17,26H2,1H3;6*1H;/q+1;;;;;;;+5/p-6. The van der Waals surface area contributed by atoms with Crippen molar-refractivity contribution in [3.05, 3.63) is 84.9 Å². The van der Waals surface area contributed by atoms with Crippen LogP contribution < -0.4 is 4.74 Å². The van der Waals surface area contributed by atoms with Gasteiger partial charge in [-0.25, -0.2) is 0 Å². The van der Waals surface area contributed by atoms with E-state index >= 15 is 0 Å². The van der Waals surface area contributed by atoms with Crippen LogP contribution in [-0.2, 0) is 10.9 Å². The molecule has 0 atom stereocenters. The molecule has 0 aromatic heterocycles. The number of unbranched alkanes of at least 4 members (excludes halogenated alkanes) is 9. The first kappa shape index (κ1) is 33.4. The van der Waals surface area contributed by atoms with E-state index in [0.717, 1.165) is 18.8 Å². The van der Waals surface area contributed by atoms with E-state index in [9.17, 15) is 16.9 Å². The molecule has 0 saturated heterocycles. The summed E-state index contributed by atoms with van der Waals surface area (Å²) in [5, 5.41) is 0. The van der Waals surface area contributed by atoms with Gasteiger partial charge in [0.15, 0.2) is 14.7 Å². The number of ether oxygens (including phenoxy) is 1. The predicted molar refractivity (Wildman–Crippen MR) is 151 cm³/mol. The van der Waals surface area contributed by atoms with Crippen molar-refractivity contribution in [3.8, 4) is 5.75 Å². The minimum atomic E-state index is -11.2. The summed E-state index contributed by atoms with van der Waals surface area (Å²) >= 11 is -11.2. The van der Waals surface area contributed by atoms with Crippen LogP contribution in [0.25, 0.3) is 0 Å². The van der Waals surface area contributed by atoms with E-state index < -0.39 is 19.5 Å². The van der Waals surface area contributed by atoms with Crippen molar-refractivity contribution in [2.45, 2.75) is 85.8 Å². The van der Waals surface area contributed by atoms with Gasteiger partial charge in [0.25, 0.3) is 0 Å². The van der Waals surface area contributed by atoms with Crippen LogP contribution in [0.2, 0.25) is 0 Å². The van der Waals surface area contributed by atoms with Gasteiger partial charge in [0, 0.05) is 0 Å². The summed E-state index contributed by atoms with van der Waals surface area (Å²) in [6.45, 7) is 3.10. The molecule has 0 aliphatic carbocycles. The average Bonchev–Trinajstić information content (AvgIpc) is 2.88. The summed E-state index contributed by atoms with van der Waals surface area (Å²) < 4.78 is 65.6. The van der Waals surface area contributed by atoms with Gasteiger partial charge in [-0.15, -0.1) is 0 Å². The Morgan fingerprint density at radius 2 is 0.872 bits per heavy atom. The average molecular weight is 683 g/mol. The molecule has 0 spiro atoms. The van der Waals surface area contributed by atoms with Gasteiger partial charge in [0.05, 0.1) is 17.5 Å². The molecule has 0 heterocycles. The molecule has 0 N–H and O–H groups in total. The summed E-state index contributed by atoms with van der Waals surface area (Å²) in [6.07, 6.45) is 13.5. The first-order valence-corrected chi connectivity index (χ1v) is 20.5. The molecule has 0 aliphatic heterocycles. The second kappa shape index (κ2) is 15.3. The van der Waals surface area contributed by atoms with Gasteiger partial charge in [-0.2, -0.15) is 0 Å². The first-order valence-electron chi connectivity index (χ1n) is 13.5. The van der Waals surface area contributed by atoms with Gasteiger partial charge < -0.3 is 4.74 Å². The van der Waals surface area contributed by atoms with E-state index in [1.807, 2.05) is 0 Å². The summed E-state index contributed by atoms with van der Waals surface area (Å²) in [6, 6.07) is 30.3. The Labute approximate surface area is 234 Å². The van der Waals surface area contributed by atoms with Crippen molar-refractivity contribution >= 4 is 30.4 Å². The maximum atomic E-state index is 9.93. The van der Waals surface area contributed by atoms with Crippen LogP contribution in [0.1, 0.15) is 71.1 Å². The van der Waals surface area contributed by atoms with E-state index in [4.69, 9.17) is 4.74 Å². The van der Waals surface area contributed by atoms with E-state index in [1.54, 1.807) is 0 Å². The van der Waals surface area contributed by atoms with Gasteiger partial charge in [-0.3, -0.25) is 0 Å². The van der Waals surface area contributed by atoms with Crippen molar-refractivity contribution in [2.75, 3.05) is 6.61 Å². The van der Waals surface area contributed by atoms with Crippen molar-refractivity contribution in [2.24, 2.45) is 0 Å². The van der Waals surface area contributed by atoms with E-state index in [1.165, 1.54) is 72.5 Å². The molecule has 0 bridgehead atoms. The van der Waals surface area contributed by atoms with Crippen LogP contribution in [0.3, 0.4) is 0 Å². The van der Waals surface area contributed by atoms with E-state index in [0.29, 0.717) is 0 Å². The minimum absolute atomic E-state index is 0.0938. The van der Waals surface area contributed by atoms with Gasteiger partial charge >= 0.3 is 36.4 Å². The third-order valence-corrected chi connectivity index (χ3v) is 8.01. The first-order chi connectivity index (χ1) is 18.3. The molecule has 0 amide bonds. The summed E-state index contributed by atoms with van der Waals surface area (Å²) in [7, 11) is -0.0938. The number of rotatable bonds is 15. The van der Waals surface area contributed by atoms with Crippen LogP contribution in [0.5, 0.6) is 5.75 Å². The zero-order chi connectivity index (χ0) is 28.7. The molecule has 39 heavy (non-hydrogen) atoms. The van der Waals surface area contributed by atoms with Crippen molar-refractivity contribution in [1.82, 2.24) is 0 Å². The zero-order valence-electron chi connectivity index (χ0n) is 22.4. The van der Waals surface area contributed by atoms with Crippen molar-refractivity contribution in [1.29, 1.82) is 0 Å². The topological polar surface area (TPSA) is 9.23 Å². The molecule has 3 aromatic carbocycles. The molecule has 0 aliphatic rings. The fourth-order valence-corrected chi connectivity index (χ4v) is 6.06. The Hall–Kier alpha value is -1.79. The van der Waals surface area contributed by atoms with E-state index in [-0.39, 0.29) is 10.9 Å². The summed E-state index contributed by atoms with van der Waals surface area (Å²) in [5.41, 5.74) is 0. The fourth-order valence-electron chi connectivity index (χ4n) is 3.97. The van der Waals surface area contributed by atoms with Gasteiger partial charge in [0.2, 0.25) is 0 Å².